The molecule has 0 aliphatic carbocycles. The molecule has 0 fully saturated rings. The molecule has 0 saturated heterocycles. The minimum Gasteiger partial charge on any atom is -0.0587 e. The molecule has 8 aromatic rings. The fraction of sp³-hybridized carbons (Fsp3) is 0.208. The summed E-state index contributed by atoms with van der Waals surface area (Å²) in [5, 5.41) is 7.90. The predicted molar refractivity (Wildman–Crippen MR) is 233 cm³/mol. The molecule has 8 aromatic carbocycles. The number of hydrogen-bond acceptors (Lipinski definition) is 0. The van der Waals surface area contributed by atoms with Crippen molar-refractivity contribution >= 4 is 32.3 Å². The third-order valence-corrected chi connectivity index (χ3v) is 11.7. The highest BCUT2D eigenvalue weighted by Gasteiger charge is 2.28. The largest absolute Gasteiger partial charge is 0.0587 e. The van der Waals surface area contributed by atoms with Gasteiger partial charge in [-0.2, -0.15) is 0 Å². The first-order valence-electron chi connectivity index (χ1n) is 19.1. The van der Waals surface area contributed by atoms with Crippen LogP contribution < -0.4 is 0 Å². The average Bonchev–Trinajstić information content (AvgIpc) is 3.09. The smallest absolute Gasteiger partial charge is 0.0000984 e. The van der Waals surface area contributed by atoms with E-state index in [1.54, 1.807) is 0 Å². The van der Waals surface area contributed by atoms with Gasteiger partial charge in [0.2, 0.25) is 0 Å². The Bertz CT molecular complexity index is 2740. The molecular weight excluding hydrogens is 637 g/mol. The Morgan fingerprint density at radius 1 is 0.226 bits per heavy atom. The first kappa shape index (κ1) is 34.6. The minimum atomic E-state index is 1.25. The summed E-state index contributed by atoms with van der Waals surface area (Å²) in [6.07, 6.45) is 0. The molecule has 0 bridgehead atoms. The number of aryl methyl sites for hydroxylation is 11. The van der Waals surface area contributed by atoms with Gasteiger partial charge in [0.25, 0.3) is 0 Å². The molecule has 0 aliphatic rings. The van der Waals surface area contributed by atoms with Gasteiger partial charge in [0.05, 0.1) is 0 Å². The normalized spacial score (nSPS) is 11.7. The first-order valence-corrected chi connectivity index (χ1v) is 19.1. The lowest BCUT2D eigenvalue weighted by atomic mass is 9.75. The van der Waals surface area contributed by atoms with Gasteiger partial charge in [0.1, 0.15) is 0 Å². The van der Waals surface area contributed by atoms with Crippen LogP contribution in [0.25, 0.3) is 76.8 Å². The topological polar surface area (TPSA) is 0 Å². The van der Waals surface area contributed by atoms with Gasteiger partial charge in [-0.05, 0) is 186 Å². The molecule has 0 heteroatoms. The van der Waals surface area contributed by atoms with E-state index >= 15 is 0 Å². The van der Waals surface area contributed by atoms with E-state index < -0.39 is 0 Å². The van der Waals surface area contributed by atoms with E-state index in [-0.39, 0.29) is 0 Å². The van der Waals surface area contributed by atoms with Crippen LogP contribution in [-0.4, -0.2) is 0 Å². The molecule has 0 aromatic heterocycles. The molecular formula is C53H50. The molecule has 8 rings (SSSR count). The number of fused-ring (bicyclic) bond motifs is 3. The molecule has 0 radical (unpaired) electrons. The lowest BCUT2D eigenvalue weighted by Gasteiger charge is -2.28. The predicted octanol–water partition coefficient (Wildman–Crippen LogP) is 15.2. The maximum absolute atomic E-state index is 2.49. The van der Waals surface area contributed by atoms with E-state index in [1.807, 2.05) is 0 Å². The lowest BCUT2D eigenvalue weighted by molar-refractivity contribution is 1.32. The molecule has 0 atom stereocenters. The van der Waals surface area contributed by atoms with Crippen LogP contribution in [0.15, 0.2) is 103 Å². The van der Waals surface area contributed by atoms with E-state index in [2.05, 4.69) is 179 Å². The monoisotopic (exact) mass is 686 g/mol. The molecule has 53 heavy (non-hydrogen) atoms. The van der Waals surface area contributed by atoms with Crippen molar-refractivity contribution in [3.63, 3.8) is 0 Å². The minimum absolute atomic E-state index is 1.25. The fourth-order valence-electron chi connectivity index (χ4n) is 9.31. The van der Waals surface area contributed by atoms with Crippen molar-refractivity contribution in [2.45, 2.75) is 76.2 Å². The van der Waals surface area contributed by atoms with Gasteiger partial charge in [-0.3, -0.25) is 0 Å². The van der Waals surface area contributed by atoms with Gasteiger partial charge in [-0.15, -0.1) is 0 Å². The van der Waals surface area contributed by atoms with Gasteiger partial charge < -0.3 is 0 Å². The zero-order chi connectivity index (χ0) is 37.5. The van der Waals surface area contributed by atoms with Crippen molar-refractivity contribution in [3.05, 3.63) is 164 Å². The number of hydrogen-bond donors (Lipinski definition) is 0. The van der Waals surface area contributed by atoms with E-state index in [0.717, 1.165) is 0 Å². The van der Waals surface area contributed by atoms with Crippen molar-refractivity contribution in [1.82, 2.24) is 0 Å². The summed E-state index contributed by atoms with van der Waals surface area (Å²) in [4.78, 5) is 0. The van der Waals surface area contributed by atoms with Gasteiger partial charge in [-0.1, -0.05) is 131 Å². The molecule has 0 unspecified atom stereocenters. The summed E-state index contributed by atoms with van der Waals surface area (Å²) in [6.45, 7) is 24.9. The van der Waals surface area contributed by atoms with Crippen LogP contribution in [0, 0.1) is 76.2 Å². The van der Waals surface area contributed by atoms with Crippen LogP contribution >= 0.6 is 0 Å². The number of benzene rings is 8. The second-order valence-corrected chi connectivity index (χ2v) is 16.1. The quantitative estimate of drug-likeness (QED) is 0.162. The maximum atomic E-state index is 2.49. The van der Waals surface area contributed by atoms with E-state index in [4.69, 9.17) is 0 Å². The van der Waals surface area contributed by atoms with Gasteiger partial charge in [-0.25, -0.2) is 0 Å². The van der Waals surface area contributed by atoms with Crippen molar-refractivity contribution in [2.24, 2.45) is 0 Å². The molecule has 0 amide bonds. The summed E-state index contributed by atoms with van der Waals surface area (Å²) in [7, 11) is 0. The first-order chi connectivity index (χ1) is 25.3. The van der Waals surface area contributed by atoms with Crippen LogP contribution in [0.2, 0.25) is 0 Å². The van der Waals surface area contributed by atoms with Gasteiger partial charge >= 0.3 is 0 Å². The van der Waals surface area contributed by atoms with Crippen molar-refractivity contribution < 1.29 is 0 Å². The van der Waals surface area contributed by atoms with E-state index in [9.17, 15) is 0 Å². The second kappa shape index (κ2) is 12.9. The number of rotatable bonds is 4. The molecule has 0 spiro atoms. The highest BCUT2D eigenvalue weighted by molar-refractivity contribution is 6.34. The summed E-state index contributed by atoms with van der Waals surface area (Å²) >= 11 is 0. The maximum Gasteiger partial charge on any atom is -0.0000984 e. The Balaban J connectivity index is 1.83. The van der Waals surface area contributed by atoms with E-state index in [1.165, 1.54) is 138 Å². The Morgan fingerprint density at radius 3 is 1.00 bits per heavy atom. The van der Waals surface area contributed by atoms with Crippen molar-refractivity contribution in [2.75, 3.05) is 0 Å². The molecule has 0 saturated carbocycles. The molecule has 0 aliphatic heterocycles. The SMILES string of the molecule is Cc1ccc(-c2c3ccc(C)cc3c(-c3c(C)cc(C)cc3C)c3c(-c4c(C)cc(C)cc4C)c4cc(C)c(C)cc4c(-c4ccc(C)cc4)c23)cc1. The molecule has 0 nitrogen and oxygen atoms in total. The van der Waals surface area contributed by atoms with Crippen LogP contribution in [0.3, 0.4) is 0 Å². The Labute approximate surface area is 316 Å². The molecule has 0 heterocycles. The Morgan fingerprint density at radius 2 is 0.566 bits per heavy atom. The van der Waals surface area contributed by atoms with Crippen LogP contribution in [-0.2, 0) is 0 Å². The van der Waals surface area contributed by atoms with Crippen molar-refractivity contribution in [1.29, 1.82) is 0 Å². The standard InChI is InChI=1S/C53H50/c1-29-12-17-40(18-13-29)48-42-21-16-31(3)26-43(42)50(46-36(8)22-32(4)23-37(46)9)53-51(47-38(10)24-33(5)25-39(47)11)45-28-35(7)34(6)27-44(45)49(52(48)53)41-19-14-30(2)15-20-41/h12-28H,1-11H3. The van der Waals surface area contributed by atoms with Crippen molar-refractivity contribution in [3.8, 4) is 44.5 Å². The summed E-state index contributed by atoms with van der Waals surface area (Å²) in [5.41, 5.74) is 24.8. The average molecular weight is 687 g/mol. The van der Waals surface area contributed by atoms with Gasteiger partial charge in [0.15, 0.2) is 0 Å². The van der Waals surface area contributed by atoms with Crippen LogP contribution in [0.5, 0.6) is 0 Å². The Kier molecular flexibility index (Phi) is 8.42. The van der Waals surface area contributed by atoms with Crippen LogP contribution in [0.1, 0.15) is 61.2 Å². The molecule has 0 N–H and O–H groups in total. The zero-order valence-electron chi connectivity index (χ0n) is 33.3. The lowest BCUT2D eigenvalue weighted by Crippen LogP contribution is -2.02. The van der Waals surface area contributed by atoms with E-state index in [0.29, 0.717) is 0 Å². The fourth-order valence-corrected chi connectivity index (χ4v) is 9.31. The second-order valence-electron chi connectivity index (χ2n) is 16.1. The highest BCUT2D eigenvalue weighted by Crippen LogP contribution is 2.55. The zero-order valence-corrected chi connectivity index (χ0v) is 33.3. The third-order valence-electron chi connectivity index (χ3n) is 11.7. The van der Waals surface area contributed by atoms with Crippen LogP contribution in [0.4, 0.5) is 0 Å². The summed E-state index contributed by atoms with van der Waals surface area (Å²) in [6, 6.07) is 40.1. The molecule has 262 valence electrons. The summed E-state index contributed by atoms with van der Waals surface area (Å²) in [5.74, 6) is 0. The Hall–Kier alpha value is -5.46. The third kappa shape index (κ3) is 5.68. The van der Waals surface area contributed by atoms with Gasteiger partial charge in [0, 0.05) is 0 Å². The highest BCUT2D eigenvalue weighted by atomic mass is 14.3. The summed E-state index contributed by atoms with van der Waals surface area (Å²) < 4.78 is 0.